The van der Waals surface area contributed by atoms with Gasteiger partial charge in [-0.25, -0.2) is 4.98 Å². The monoisotopic (exact) mass is 257 g/mol. The van der Waals surface area contributed by atoms with Crippen LogP contribution < -0.4 is 10.6 Å². The third-order valence-corrected chi connectivity index (χ3v) is 2.94. The topological polar surface area (TPSA) is 42.1 Å². The number of hydrogen-bond donors (Lipinski definition) is 1. The highest BCUT2D eigenvalue weighted by Crippen LogP contribution is 2.31. The Bertz CT molecular complexity index is 454. The summed E-state index contributed by atoms with van der Waals surface area (Å²) in [6.45, 7) is 0.954. The predicted molar refractivity (Wildman–Crippen MR) is 63.1 cm³/mol. The Kier molecular flexibility index (Phi) is 3.56. The van der Waals surface area contributed by atoms with Crippen LogP contribution in [-0.2, 0) is 6.54 Å². The minimum Gasteiger partial charge on any atom is -0.353 e. The van der Waals surface area contributed by atoms with Crippen molar-refractivity contribution in [2.45, 2.75) is 19.1 Å². The molecular formula is C12H14F3N3. The van der Waals surface area contributed by atoms with Gasteiger partial charge in [0.1, 0.15) is 5.82 Å². The van der Waals surface area contributed by atoms with Gasteiger partial charge in [0, 0.05) is 31.4 Å². The van der Waals surface area contributed by atoms with E-state index < -0.39 is 11.7 Å². The first kappa shape index (κ1) is 12.9. The van der Waals surface area contributed by atoms with Crippen molar-refractivity contribution in [2.24, 2.45) is 5.73 Å². The lowest BCUT2D eigenvalue weighted by Gasteiger charge is -2.28. The number of halogens is 3. The minimum atomic E-state index is -4.21. The second-order valence-electron chi connectivity index (χ2n) is 4.15. The average Bonchev–Trinajstić information content (AvgIpc) is 2.38. The van der Waals surface area contributed by atoms with E-state index >= 15 is 0 Å². The van der Waals surface area contributed by atoms with Crippen molar-refractivity contribution in [2.75, 3.05) is 18.0 Å². The molecule has 0 aliphatic carbocycles. The van der Waals surface area contributed by atoms with Gasteiger partial charge in [-0.05, 0) is 24.1 Å². The first-order valence-corrected chi connectivity index (χ1v) is 5.67. The van der Waals surface area contributed by atoms with Crippen molar-refractivity contribution in [1.82, 2.24) is 4.98 Å². The second-order valence-corrected chi connectivity index (χ2v) is 4.15. The molecule has 0 aromatic carbocycles. The van der Waals surface area contributed by atoms with Crippen LogP contribution in [0.5, 0.6) is 0 Å². The van der Waals surface area contributed by atoms with Gasteiger partial charge in [-0.1, -0.05) is 6.08 Å². The molecule has 0 radical (unpaired) electrons. The maximum Gasteiger partial charge on any atom is 0.412 e. The molecule has 98 valence electrons. The normalized spacial score (nSPS) is 16.7. The molecule has 2 heterocycles. The molecule has 6 heteroatoms. The van der Waals surface area contributed by atoms with Crippen LogP contribution in [0.3, 0.4) is 0 Å². The van der Waals surface area contributed by atoms with Gasteiger partial charge < -0.3 is 10.6 Å². The SMILES string of the molecule is NCc1ccnc(N2CC=C(C(F)(F)F)CC2)c1. The summed E-state index contributed by atoms with van der Waals surface area (Å²) in [4.78, 5) is 5.97. The van der Waals surface area contributed by atoms with Gasteiger partial charge in [-0.2, -0.15) is 13.2 Å². The van der Waals surface area contributed by atoms with Gasteiger partial charge >= 0.3 is 6.18 Å². The van der Waals surface area contributed by atoms with Gasteiger partial charge in [0.2, 0.25) is 0 Å². The van der Waals surface area contributed by atoms with Crippen LogP contribution in [0.4, 0.5) is 19.0 Å². The van der Waals surface area contributed by atoms with Crippen molar-refractivity contribution in [3.05, 3.63) is 35.5 Å². The maximum atomic E-state index is 12.5. The minimum absolute atomic E-state index is 0.00195. The Morgan fingerprint density at radius 2 is 2.17 bits per heavy atom. The van der Waals surface area contributed by atoms with Crippen LogP contribution >= 0.6 is 0 Å². The van der Waals surface area contributed by atoms with Crippen LogP contribution in [-0.4, -0.2) is 24.2 Å². The van der Waals surface area contributed by atoms with Crippen LogP contribution in [0.2, 0.25) is 0 Å². The average molecular weight is 257 g/mol. The molecule has 0 unspecified atom stereocenters. The van der Waals surface area contributed by atoms with Crippen LogP contribution in [0.25, 0.3) is 0 Å². The molecule has 0 spiro atoms. The predicted octanol–water partition coefficient (Wildman–Crippen LogP) is 2.24. The number of pyridine rings is 1. The molecule has 0 fully saturated rings. The first-order valence-electron chi connectivity index (χ1n) is 5.67. The smallest absolute Gasteiger partial charge is 0.353 e. The molecule has 1 aromatic heterocycles. The largest absolute Gasteiger partial charge is 0.412 e. The third-order valence-electron chi connectivity index (χ3n) is 2.94. The lowest BCUT2D eigenvalue weighted by molar-refractivity contribution is -0.0944. The zero-order chi connectivity index (χ0) is 13.2. The molecule has 2 rings (SSSR count). The lowest BCUT2D eigenvalue weighted by atomic mass is 10.1. The van der Waals surface area contributed by atoms with Crippen molar-refractivity contribution < 1.29 is 13.2 Å². The van der Waals surface area contributed by atoms with E-state index in [1.807, 2.05) is 11.0 Å². The molecule has 18 heavy (non-hydrogen) atoms. The van der Waals surface area contributed by atoms with Crippen molar-refractivity contribution in [3.63, 3.8) is 0 Å². The molecule has 1 aromatic rings. The molecule has 0 bridgehead atoms. The van der Waals surface area contributed by atoms with Gasteiger partial charge in [-0.3, -0.25) is 0 Å². The first-order chi connectivity index (χ1) is 8.50. The standard InChI is InChI=1S/C12H14F3N3/c13-12(14,15)10-2-5-18(6-3-10)11-7-9(8-16)1-4-17-11/h1-2,4,7H,3,5-6,8,16H2. The Labute approximate surface area is 103 Å². The quantitative estimate of drug-likeness (QED) is 0.826. The molecule has 0 saturated carbocycles. The van der Waals surface area contributed by atoms with Gasteiger partial charge in [0.15, 0.2) is 0 Å². The van der Waals surface area contributed by atoms with Gasteiger partial charge in [0.05, 0.1) is 0 Å². The summed E-state index contributed by atoms with van der Waals surface area (Å²) in [6, 6.07) is 3.61. The molecular weight excluding hydrogens is 243 g/mol. The molecule has 1 aliphatic rings. The van der Waals surface area contributed by atoms with E-state index in [1.54, 1.807) is 12.3 Å². The van der Waals surface area contributed by atoms with Crippen LogP contribution in [0, 0.1) is 0 Å². The Hall–Kier alpha value is -1.56. The van der Waals surface area contributed by atoms with Crippen molar-refractivity contribution in [1.29, 1.82) is 0 Å². The highest BCUT2D eigenvalue weighted by atomic mass is 19.4. The summed E-state index contributed by atoms with van der Waals surface area (Å²) in [6.07, 6.45) is -1.36. The molecule has 3 nitrogen and oxygen atoms in total. The van der Waals surface area contributed by atoms with E-state index in [0.29, 0.717) is 18.9 Å². The Balaban J connectivity index is 2.11. The number of anilines is 1. The molecule has 0 atom stereocenters. The van der Waals surface area contributed by atoms with E-state index in [-0.39, 0.29) is 13.0 Å². The number of aromatic nitrogens is 1. The number of alkyl halides is 3. The fourth-order valence-electron chi connectivity index (χ4n) is 1.90. The molecule has 0 saturated heterocycles. The van der Waals surface area contributed by atoms with Crippen LogP contribution in [0.1, 0.15) is 12.0 Å². The third kappa shape index (κ3) is 2.81. The van der Waals surface area contributed by atoms with E-state index in [0.717, 1.165) is 5.56 Å². The van der Waals surface area contributed by atoms with E-state index in [9.17, 15) is 13.2 Å². The number of nitrogens with two attached hydrogens (primary N) is 1. The fraction of sp³-hybridized carbons (Fsp3) is 0.417. The summed E-state index contributed by atoms with van der Waals surface area (Å²) in [5.41, 5.74) is 5.99. The van der Waals surface area contributed by atoms with Crippen LogP contribution in [0.15, 0.2) is 30.0 Å². The Morgan fingerprint density at radius 3 is 2.72 bits per heavy atom. The molecule has 1 aliphatic heterocycles. The van der Waals surface area contributed by atoms with Crippen molar-refractivity contribution in [3.8, 4) is 0 Å². The summed E-state index contributed by atoms with van der Waals surface area (Å²) in [5, 5.41) is 0. The number of nitrogens with zero attached hydrogens (tertiary/aromatic N) is 2. The van der Waals surface area contributed by atoms with Gasteiger partial charge in [-0.15, -0.1) is 0 Å². The zero-order valence-corrected chi connectivity index (χ0v) is 9.74. The fourth-order valence-corrected chi connectivity index (χ4v) is 1.90. The van der Waals surface area contributed by atoms with E-state index in [2.05, 4.69) is 4.98 Å². The summed E-state index contributed by atoms with van der Waals surface area (Å²) in [5.74, 6) is 0.676. The number of rotatable bonds is 2. The molecule has 0 amide bonds. The summed E-state index contributed by atoms with van der Waals surface area (Å²) >= 11 is 0. The second kappa shape index (κ2) is 4.97. The molecule has 2 N–H and O–H groups in total. The Morgan fingerprint density at radius 1 is 1.39 bits per heavy atom. The highest BCUT2D eigenvalue weighted by Gasteiger charge is 2.34. The highest BCUT2D eigenvalue weighted by molar-refractivity contribution is 5.43. The zero-order valence-electron chi connectivity index (χ0n) is 9.74. The lowest BCUT2D eigenvalue weighted by Crippen LogP contribution is -2.32. The summed E-state index contributed by atoms with van der Waals surface area (Å²) < 4.78 is 37.4. The van der Waals surface area contributed by atoms with E-state index in [4.69, 9.17) is 5.73 Å². The number of hydrogen-bond acceptors (Lipinski definition) is 3. The van der Waals surface area contributed by atoms with Crippen molar-refractivity contribution >= 4 is 5.82 Å². The van der Waals surface area contributed by atoms with E-state index in [1.165, 1.54) is 6.08 Å². The van der Waals surface area contributed by atoms with Gasteiger partial charge in [0.25, 0.3) is 0 Å². The maximum absolute atomic E-state index is 12.5. The summed E-state index contributed by atoms with van der Waals surface area (Å²) in [7, 11) is 0.